The average molecular weight is 650 g/mol. The van der Waals surface area contributed by atoms with Crippen molar-refractivity contribution >= 4 is 23.2 Å². The summed E-state index contributed by atoms with van der Waals surface area (Å²) in [5.41, 5.74) is 0.479. The lowest BCUT2D eigenvalue weighted by molar-refractivity contribution is -0.122. The van der Waals surface area contributed by atoms with Crippen molar-refractivity contribution in [2.24, 2.45) is 46.3 Å². The second-order valence-electron chi connectivity index (χ2n) is 17.7. The third kappa shape index (κ3) is 8.59. The molecule has 0 N–H and O–H groups in total. The van der Waals surface area contributed by atoms with Gasteiger partial charge in [0.25, 0.3) is 0 Å². The van der Waals surface area contributed by atoms with Gasteiger partial charge < -0.3 is 0 Å². The van der Waals surface area contributed by atoms with Crippen LogP contribution in [0.25, 0.3) is 0 Å². The summed E-state index contributed by atoms with van der Waals surface area (Å²) in [7, 11) is 0. The van der Waals surface area contributed by atoms with Gasteiger partial charge in [0.15, 0.2) is 0 Å². The van der Waals surface area contributed by atoms with Gasteiger partial charge in [0.2, 0.25) is 0 Å². The highest BCUT2D eigenvalue weighted by Gasteiger charge is 2.72. The molecular weight excluding hydrogens is 575 g/mol. The van der Waals surface area contributed by atoms with Gasteiger partial charge >= 0.3 is 0 Å². The molecule has 0 aromatic rings. The Bertz CT molecular complexity index is 785. The van der Waals surface area contributed by atoms with Crippen molar-refractivity contribution in [2.45, 2.75) is 217 Å². The molecule has 0 saturated heterocycles. The summed E-state index contributed by atoms with van der Waals surface area (Å²) in [4.78, 5) is 0. The van der Waals surface area contributed by atoms with Crippen LogP contribution in [0.2, 0.25) is 0 Å². The van der Waals surface area contributed by atoms with E-state index in [9.17, 15) is 0 Å². The van der Waals surface area contributed by atoms with Crippen molar-refractivity contribution in [1.82, 2.24) is 0 Å². The fraction of sp³-hybridized carbons (Fsp3) is 1.00. The Morgan fingerprint density at radius 2 is 0.727 bits per heavy atom. The predicted molar refractivity (Wildman–Crippen MR) is 195 cm³/mol. The third-order valence-electron chi connectivity index (χ3n) is 15.0. The minimum Gasteiger partial charge on any atom is -0.100 e. The molecule has 0 aromatic carbocycles. The van der Waals surface area contributed by atoms with Crippen LogP contribution in [0.15, 0.2) is 0 Å². The number of rotatable bonds is 16. The second-order valence-corrected chi connectivity index (χ2v) is 19.0. The number of halogens is 2. The van der Waals surface area contributed by atoms with Crippen LogP contribution in [0, 0.1) is 46.3 Å². The van der Waals surface area contributed by atoms with E-state index in [4.69, 9.17) is 23.2 Å². The van der Waals surface area contributed by atoms with E-state index in [0.29, 0.717) is 0 Å². The van der Waals surface area contributed by atoms with Gasteiger partial charge in [0.1, 0.15) is 4.33 Å². The molecule has 0 aromatic heterocycles. The van der Waals surface area contributed by atoms with E-state index in [0.717, 1.165) is 35.5 Å². The van der Waals surface area contributed by atoms with E-state index >= 15 is 0 Å². The molecule has 0 atom stereocenters. The van der Waals surface area contributed by atoms with E-state index in [1.54, 1.807) is 0 Å². The molecule has 5 aliphatic rings. The van der Waals surface area contributed by atoms with Crippen molar-refractivity contribution in [3.8, 4) is 0 Å². The molecule has 5 rings (SSSR count). The first-order valence-electron chi connectivity index (χ1n) is 20.8. The van der Waals surface area contributed by atoms with Crippen LogP contribution in [0.4, 0.5) is 0 Å². The first kappa shape index (κ1) is 35.9. The normalized spacial score (nSPS) is 39.0. The monoisotopic (exact) mass is 649 g/mol. The van der Waals surface area contributed by atoms with Gasteiger partial charge in [-0.3, -0.25) is 0 Å². The second kappa shape index (κ2) is 17.3. The average Bonchev–Trinajstić information content (AvgIpc) is 3.06. The molecule has 5 saturated carbocycles. The Hall–Kier alpha value is 0.580. The summed E-state index contributed by atoms with van der Waals surface area (Å²) in [5, 5.41) is 0. The fourth-order valence-electron chi connectivity index (χ4n) is 12.0. The minimum atomic E-state index is -0.459. The van der Waals surface area contributed by atoms with Crippen molar-refractivity contribution < 1.29 is 0 Å². The number of alkyl halides is 2. The molecule has 256 valence electrons. The largest absolute Gasteiger partial charge is 0.129 e. The zero-order chi connectivity index (χ0) is 30.9. The molecule has 0 radical (unpaired) electrons. The highest BCUT2D eigenvalue weighted by atomic mass is 35.5. The van der Waals surface area contributed by atoms with Crippen molar-refractivity contribution in [3.05, 3.63) is 0 Å². The van der Waals surface area contributed by atoms with Gasteiger partial charge in [-0.2, -0.15) is 0 Å². The SMILES string of the molecule is CCCCCCCCCCC1CCC([C@H]2CC[C@]3(CC2)C[C@@]2(CCC(C4CCC(CCCCCC)CC4)CC2)C3(Cl)Cl)CC1. The van der Waals surface area contributed by atoms with Crippen molar-refractivity contribution in [3.63, 3.8) is 0 Å². The Labute approximate surface area is 285 Å². The Kier molecular flexibility index (Phi) is 14.1. The summed E-state index contributed by atoms with van der Waals surface area (Å²) >= 11 is 15.0. The maximum atomic E-state index is 7.52. The van der Waals surface area contributed by atoms with Crippen LogP contribution >= 0.6 is 23.2 Å². The maximum absolute atomic E-state index is 7.52. The van der Waals surface area contributed by atoms with E-state index in [-0.39, 0.29) is 10.8 Å². The molecule has 0 bridgehead atoms. The zero-order valence-corrected chi connectivity index (χ0v) is 31.2. The first-order valence-corrected chi connectivity index (χ1v) is 21.6. The van der Waals surface area contributed by atoms with Crippen molar-refractivity contribution in [1.29, 1.82) is 0 Å². The van der Waals surface area contributed by atoms with Crippen LogP contribution in [-0.4, -0.2) is 4.33 Å². The third-order valence-corrected chi connectivity index (χ3v) is 16.6. The molecule has 0 heterocycles. The number of unbranched alkanes of at least 4 members (excludes halogenated alkanes) is 10. The first-order chi connectivity index (χ1) is 21.4. The predicted octanol–water partition coefficient (Wildman–Crippen LogP) is 15.0. The van der Waals surface area contributed by atoms with Gasteiger partial charge in [-0.05, 0) is 119 Å². The van der Waals surface area contributed by atoms with Gasteiger partial charge in [-0.15, -0.1) is 23.2 Å². The summed E-state index contributed by atoms with van der Waals surface area (Å²) in [6.07, 6.45) is 44.8. The molecule has 0 aliphatic heterocycles. The van der Waals surface area contributed by atoms with Gasteiger partial charge in [-0.25, -0.2) is 0 Å². The summed E-state index contributed by atoms with van der Waals surface area (Å²) in [6.45, 7) is 4.65. The lowest BCUT2D eigenvalue weighted by atomic mass is 9.42. The van der Waals surface area contributed by atoms with E-state index < -0.39 is 4.33 Å². The molecule has 0 amide bonds. The smallest absolute Gasteiger partial charge is 0.100 e. The van der Waals surface area contributed by atoms with Crippen LogP contribution in [0.3, 0.4) is 0 Å². The highest BCUT2D eigenvalue weighted by molar-refractivity contribution is 6.50. The van der Waals surface area contributed by atoms with Crippen LogP contribution in [-0.2, 0) is 0 Å². The Morgan fingerprint density at radius 3 is 1.09 bits per heavy atom. The Balaban J connectivity index is 0.962. The summed E-state index contributed by atoms with van der Waals surface area (Å²) < 4.78 is -0.459. The molecule has 2 spiro atoms. The standard InChI is InChI=1S/C42H74Cl2/c1-3-5-7-9-10-11-12-14-16-35-19-23-37(24-20-35)39-27-31-41(32-28-39)33-40(42(41,43)44)29-25-38(26-30-40)36-21-17-34(18-22-36)15-13-8-6-4-2/h34-39H,3-33H2,1-2H3/t34?,35?,36?,37?,38?,39-,40-,41-. The topological polar surface area (TPSA) is 0 Å². The quantitative estimate of drug-likeness (QED) is 0.115. The molecule has 5 fully saturated rings. The highest BCUT2D eigenvalue weighted by Crippen LogP contribution is 2.77. The molecular formula is C42H74Cl2. The van der Waals surface area contributed by atoms with E-state index in [2.05, 4.69) is 13.8 Å². The van der Waals surface area contributed by atoms with Crippen LogP contribution in [0.5, 0.6) is 0 Å². The molecule has 5 aliphatic carbocycles. The van der Waals surface area contributed by atoms with Crippen molar-refractivity contribution in [2.75, 3.05) is 0 Å². The molecule has 2 heteroatoms. The Morgan fingerprint density at radius 1 is 0.409 bits per heavy atom. The van der Waals surface area contributed by atoms with Gasteiger partial charge in [0.05, 0.1) is 0 Å². The summed E-state index contributed by atoms with van der Waals surface area (Å²) in [5.74, 6) is 5.99. The maximum Gasteiger partial charge on any atom is 0.129 e. The minimum absolute atomic E-state index is 0.239. The van der Waals surface area contributed by atoms with Crippen LogP contribution < -0.4 is 0 Å². The zero-order valence-electron chi connectivity index (χ0n) is 29.6. The number of hydrogen-bond donors (Lipinski definition) is 0. The van der Waals surface area contributed by atoms with E-state index in [1.807, 2.05) is 0 Å². The van der Waals surface area contributed by atoms with Gasteiger partial charge in [0, 0.05) is 10.8 Å². The lowest BCUT2D eigenvalue weighted by Gasteiger charge is -2.69. The lowest BCUT2D eigenvalue weighted by Crippen LogP contribution is -2.66. The van der Waals surface area contributed by atoms with E-state index in [1.165, 1.54) is 199 Å². The van der Waals surface area contributed by atoms with Crippen LogP contribution in [0.1, 0.15) is 213 Å². The van der Waals surface area contributed by atoms with Gasteiger partial charge in [-0.1, -0.05) is 129 Å². The fourth-order valence-corrected chi connectivity index (χ4v) is 13.0. The summed E-state index contributed by atoms with van der Waals surface area (Å²) in [6, 6.07) is 0. The number of hydrogen-bond acceptors (Lipinski definition) is 0. The molecule has 0 nitrogen and oxygen atoms in total. The molecule has 0 unspecified atom stereocenters. The molecule has 44 heavy (non-hydrogen) atoms.